The minimum atomic E-state index is 1.19. The molecule has 0 aromatic heterocycles. The highest BCUT2D eigenvalue weighted by Crippen LogP contribution is 2.29. The van der Waals surface area contributed by atoms with Gasteiger partial charge in [0.05, 0.1) is 0 Å². The number of benzene rings is 1. The molecule has 2 rings (SSSR count). The SMILES string of the molecule is BrC1=CCCCc2ccccc21. The average Bonchev–Trinajstić information content (AvgIpc) is 2.29. The molecule has 62 valence electrons. The van der Waals surface area contributed by atoms with E-state index >= 15 is 0 Å². The maximum Gasteiger partial charge on any atom is 0.0210 e. The lowest BCUT2D eigenvalue weighted by molar-refractivity contribution is 0.851. The fraction of sp³-hybridized carbons (Fsp3) is 0.273. The van der Waals surface area contributed by atoms with Gasteiger partial charge >= 0.3 is 0 Å². The van der Waals surface area contributed by atoms with Gasteiger partial charge in [-0.15, -0.1) is 0 Å². The van der Waals surface area contributed by atoms with Gasteiger partial charge in [0, 0.05) is 4.48 Å². The van der Waals surface area contributed by atoms with Crippen LogP contribution in [0.3, 0.4) is 0 Å². The fourth-order valence-corrected chi connectivity index (χ4v) is 2.22. The summed E-state index contributed by atoms with van der Waals surface area (Å²) in [5.41, 5.74) is 2.84. The van der Waals surface area contributed by atoms with E-state index in [1.807, 2.05) is 0 Å². The maximum atomic E-state index is 3.60. The van der Waals surface area contributed by atoms with Gasteiger partial charge in [-0.05, 0) is 30.4 Å². The molecule has 0 nitrogen and oxygen atoms in total. The van der Waals surface area contributed by atoms with Gasteiger partial charge in [0.15, 0.2) is 0 Å². The summed E-state index contributed by atoms with van der Waals surface area (Å²) in [6.07, 6.45) is 5.94. The van der Waals surface area contributed by atoms with E-state index in [4.69, 9.17) is 0 Å². The van der Waals surface area contributed by atoms with Crippen molar-refractivity contribution in [3.8, 4) is 0 Å². The van der Waals surface area contributed by atoms with Crippen LogP contribution < -0.4 is 0 Å². The van der Waals surface area contributed by atoms with Crippen LogP contribution in [-0.2, 0) is 6.42 Å². The van der Waals surface area contributed by atoms with Crippen LogP contribution in [0.15, 0.2) is 30.3 Å². The monoisotopic (exact) mass is 222 g/mol. The molecular formula is C11H11Br. The van der Waals surface area contributed by atoms with Crippen molar-refractivity contribution in [3.63, 3.8) is 0 Å². The summed E-state index contributed by atoms with van der Waals surface area (Å²) in [6, 6.07) is 8.61. The molecule has 0 fully saturated rings. The van der Waals surface area contributed by atoms with E-state index in [0.29, 0.717) is 0 Å². The average molecular weight is 223 g/mol. The maximum absolute atomic E-state index is 3.60. The lowest BCUT2D eigenvalue weighted by Crippen LogP contribution is -1.86. The van der Waals surface area contributed by atoms with E-state index in [2.05, 4.69) is 46.3 Å². The van der Waals surface area contributed by atoms with Crippen LogP contribution >= 0.6 is 15.9 Å². The Morgan fingerprint density at radius 3 is 2.92 bits per heavy atom. The molecule has 0 saturated heterocycles. The summed E-state index contributed by atoms with van der Waals surface area (Å²) in [5, 5.41) is 0. The summed E-state index contributed by atoms with van der Waals surface area (Å²) in [6.45, 7) is 0. The summed E-state index contributed by atoms with van der Waals surface area (Å²) in [5.74, 6) is 0. The van der Waals surface area contributed by atoms with E-state index in [1.165, 1.54) is 34.9 Å². The molecule has 1 aromatic carbocycles. The second-order valence-electron chi connectivity index (χ2n) is 3.10. The first-order chi connectivity index (χ1) is 5.88. The number of aryl methyl sites for hydroxylation is 1. The van der Waals surface area contributed by atoms with Crippen molar-refractivity contribution in [2.24, 2.45) is 0 Å². The number of fused-ring (bicyclic) bond motifs is 1. The van der Waals surface area contributed by atoms with Gasteiger partial charge in [-0.3, -0.25) is 0 Å². The second kappa shape index (κ2) is 3.44. The highest BCUT2D eigenvalue weighted by molar-refractivity contribution is 9.15. The molecule has 0 spiro atoms. The normalized spacial score (nSPS) is 16.2. The lowest BCUT2D eigenvalue weighted by Gasteiger charge is -2.03. The van der Waals surface area contributed by atoms with Crippen molar-refractivity contribution < 1.29 is 0 Å². The number of allylic oxidation sites excluding steroid dienone is 1. The first-order valence-corrected chi connectivity index (χ1v) is 5.11. The van der Waals surface area contributed by atoms with Crippen LogP contribution in [0.2, 0.25) is 0 Å². The van der Waals surface area contributed by atoms with Crippen molar-refractivity contribution in [1.82, 2.24) is 0 Å². The van der Waals surface area contributed by atoms with E-state index in [-0.39, 0.29) is 0 Å². The molecule has 0 heterocycles. The molecule has 0 bridgehead atoms. The zero-order chi connectivity index (χ0) is 8.39. The first-order valence-electron chi connectivity index (χ1n) is 4.32. The predicted octanol–water partition coefficient (Wildman–Crippen LogP) is 3.76. The Kier molecular flexibility index (Phi) is 2.31. The Morgan fingerprint density at radius 2 is 2.00 bits per heavy atom. The summed E-state index contributed by atoms with van der Waals surface area (Å²) in [4.78, 5) is 0. The highest BCUT2D eigenvalue weighted by atomic mass is 79.9. The molecule has 0 atom stereocenters. The molecule has 0 saturated carbocycles. The van der Waals surface area contributed by atoms with Crippen LogP contribution in [0.25, 0.3) is 4.48 Å². The standard InChI is InChI=1S/C11H11Br/c12-11-8-4-2-6-9-5-1-3-7-10(9)11/h1,3,5,7-8H,2,4,6H2. The van der Waals surface area contributed by atoms with Crippen molar-refractivity contribution in [3.05, 3.63) is 41.5 Å². The van der Waals surface area contributed by atoms with Crippen LogP contribution in [0.1, 0.15) is 24.0 Å². The van der Waals surface area contributed by atoms with E-state index < -0.39 is 0 Å². The topological polar surface area (TPSA) is 0 Å². The molecule has 0 amide bonds. The molecule has 0 radical (unpaired) electrons. The zero-order valence-electron chi connectivity index (χ0n) is 6.89. The van der Waals surface area contributed by atoms with Gasteiger partial charge in [-0.2, -0.15) is 0 Å². The first kappa shape index (κ1) is 8.06. The van der Waals surface area contributed by atoms with Gasteiger partial charge < -0.3 is 0 Å². The number of hydrogen-bond acceptors (Lipinski definition) is 0. The van der Waals surface area contributed by atoms with Crippen molar-refractivity contribution >= 4 is 20.4 Å². The van der Waals surface area contributed by atoms with Crippen LogP contribution in [0, 0.1) is 0 Å². The van der Waals surface area contributed by atoms with Gasteiger partial charge in [-0.25, -0.2) is 0 Å². The Hall–Kier alpha value is -0.560. The Balaban J connectivity index is 2.51. The fourth-order valence-electron chi connectivity index (χ4n) is 1.60. The molecule has 0 unspecified atom stereocenters. The second-order valence-corrected chi connectivity index (χ2v) is 3.96. The summed E-state index contributed by atoms with van der Waals surface area (Å²) < 4.78 is 1.26. The van der Waals surface area contributed by atoms with Crippen molar-refractivity contribution in [2.45, 2.75) is 19.3 Å². The quantitative estimate of drug-likeness (QED) is 0.628. The lowest BCUT2D eigenvalue weighted by atomic mass is 10.1. The van der Waals surface area contributed by atoms with E-state index in [1.54, 1.807) is 0 Å². The third-order valence-corrected chi connectivity index (χ3v) is 3.00. The van der Waals surface area contributed by atoms with E-state index in [9.17, 15) is 0 Å². The summed E-state index contributed by atoms with van der Waals surface area (Å²) >= 11 is 3.60. The number of halogens is 1. The van der Waals surface area contributed by atoms with Gasteiger partial charge in [-0.1, -0.05) is 46.3 Å². The van der Waals surface area contributed by atoms with Gasteiger partial charge in [0.25, 0.3) is 0 Å². The molecule has 0 N–H and O–H groups in total. The van der Waals surface area contributed by atoms with Crippen LogP contribution in [0.4, 0.5) is 0 Å². The molecule has 1 heteroatoms. The molecule has 12 heavy (non-hydrogen) atoms. The Labute approximate surface area is 81.4 Å². The molecule has 1 aromatic rings. The minimum Gasteiger partial charge on any atom is -0.0696 e. The summed E-state index contributed by atoms with van der Waals surface area (Å²) in [7, 11) is 0. The Morgan fingerprint density at radius 1 is 1.17 bits per heavy atom. The zero-order valence-corrected chi connectivity index (χ0v) is 8.47. The van der Waals surface area contributed by atoms with Gasteiger partial charge in [0.2, 0.25) is 0 Å². The number of rotatable bonds is 0. The number of hydrogen-bond donors (Lipinski definition) is 0. The third-order valence-electron chi connectivity index (χ3n) is 2.25. The molecule has 1 aliphatic rings. The van der Waals surface area contributed by atoms with Crippen LogP contribution in [0.5, 0.6) is 0 Å². The van der Waals surface area contributed by atoms with Gasteiger partial charge in [0.1, 0.15) is 0 Å². The van der Waals surface area contributed by atoms with Crippen LogP contribution in [-0.4, -0.2) is 0 Å². The van der Waals surface area contributed by atoms with E-state index in [0.717, 1.165) is 0 Å². The Bertz CT molecular complexity index is 313. The third kappa shape index (κ3) is 1.46. The smallest absolute Gasteiger partial charge is 0.0210 e. The predicted molar refractivity (Wildman–Crippen MR) is 56.3 cm³/mol. The van der Waals surface area contributed by atoms with Crippen molar-refractivity contribution in [1.29, 1.82) is 0 Å². The molecule has 1 aliphatic carbocycles. The largest absolute Gasteiger partial charge is 0.0696 e. The van der Waals surface area contributed by atoms with Crippen molar-refractivity contribution in [2.75, 3.05) is 0 Å². The minimum absolute atomic E-state index is 1.19. The molecule has 0 aliphatic heterocycles. The highest BCUT2D eigenvalue weighted by Gasteiger charge is 2.07. The molecular weight excluding hydrogens is 212 g/mol.